The van der Waals surface area contributed by atoms with E-state index in [1.165, 1.54) is 17.7 Å². The van der Waals surface area contributed by atoms with Crippen molar-refractivity contribution in [3.05, 3.63) is 59.0 Å². The van der Waals surface area contributed by atoms with Crippen LogP contribution in [0.2, 0.25) is 0 Å². The lowest BCUT2D eigenvalue weighted by Gasteiger charge is -2.14. The van der Waals surface area contributed by atoms with E-state index in [2.05, 4.69) is 19.2 Å². The molecule has 2 rings (SSSR count). The lowest BCUT2D eigenvalue weighted by Crippen LogP contribution is -2.31. The number of hydrogen-bond donors (Lipinski definition) is 2. The first-order valence-electron chi connectivity index (χ1n) is 8.06. The molecule has 0 saturated heterocycles. The van der Waals surface area contributed by atoms with Crippen LogP contribution in [0.5, 0.6) is 0 Å². The number of sulfone groups is 1. The molecular weight excluding hydrogens is 376 g/mol. The molecule has 2 aromatic rings. The second-order valence-corrected chi connectivity index (χ2v) is 8.61. The van der Waals surface area contributed by atoms with Gasteiger partial charge in [-0.15, -0.1) is 12.4 Å². The van der Waals surface area contributed by atoms with Crippen LogP contribution in [0.4, 0.5) is 0 Å². The SMILES string of the molecule is CC(C)c1ccc(C(N)CNC(=O)c2ccc(CS(C)(=O)=O)o2)cc1.Cl. The van der Waals surface area contributed by atoms with E-state index in [0.29, 0.717) is 5.92 Å². The third-order valence-corrected chi connectivity index (χ3v) is 4.61. The maximum absolute atomic E-state index is 12.1. The summed E-state index contributed by atoms with van der Waals surface area (Å²) in [5.74, 6) is 0.100. The number of rotatable bonds is 7. The van der Waals surface area contributed by atoms with Crippen molar-refractivity contribution in [3.63, 3.8) is 0 Å². The first-order chi connectivity index (χ1) is 11.7. The van der Waals surface area contributed by atoms with Gasteiger partial charge in [0.2, 0.25) is 0 Å². The van der Waals surface area contributed by atoms with E-state index in [0.717, 1.165) is 11.8 Å². The number of carbonyl (C=O) groups excluding carboxylic acids is 1. The number of nitrogens with one attached hydrogen (secondary N) is 1. The van der Waals surface area contributed by atoms with Gasteiger partial charge >= 0.3 is 0 Å². The van der Waals surface area contributed by atoms with E-state index in [4.69, 9.17) is 10.2 Å². The highest BCUT2D eigenvalue weighted by Gasteiger charge is 2.15. The summed E-state index contributed by atoms with van der Waals surface area (Å²) >= 11 is 0. The van der Waals surface area contributed by atoms with E-state index in [-0.39, 0.29) is 42.3 Å². The van der Waals surface area contributed by atoms with Crippen molar-refractivity contribution in [2.75, 3.05) is 12.8 Å². The molecule has 0 aliphatic rings. The summed E-state index contributed by atoms with van der Waals surface area (Å²) < 4.78 is 27.8. The van der Waals surface area contributed by atoms with Gasteiger partial charge in [-0.1, -0.05) is 38.1 Å². The molecule has 0 aliphatic carbocycles. The quantitative estimate of drug-likeness (QED) is 0.743. The van der Waals surface area contributed by atoms with Crippen LogP contribution in [0.3, 0.4) is 0 Å². The Hall–Kier alpha value is -1.83. The second-order valence-electron chi connectivity index (χ2n) is 6.47. The molecule has 144 valence electrons. The predicted octanol–water partition coefficient (Wildman–Crippen LogP) is 2.80. The summed E-state index contributed by atoms with van der Waals surface area (Å²) in [4.78, 5) is 12.1. The van der Waals surface area contributed by atoms with Gasteiger partial charge < -0.3 is 15.5 Å². The van der Waals surface area contributed by atoms with Crippen LogP contribution < -0.4 is 11.1 Å². The number of nitrogens with two attached hydrogens (primary N) is 1. The van der Waals surface area contributed by atoms with Gasteiger partial charge in [-0.2, -0.15) is 0 Å². The van der Waals surface area contributed by atoms with Crippen LogP contribution in [0.25, 0.3) is 0 Å². The molecule has 0 fully saturated rings. The zero-order chi connectivity index (χ0) is 18.6. The summed E-state index contributed by atoms with van der Waals surface area (Å²) in [6.07, 6.45) is 1.11. The molecule has 0 aliphatic heterocycles. The Bertz CT molecular complexity index is 829. The topological polar surface area (TPSA) is 102 Å². The van der Waals surface area contributed by atoms with Crippen molar-refractivity contribution in [2.24, 2.45) is 5.73 Å². The zero-order valence-electron chi connectivity index (χ0n) is 15.1. The molecule has 0 saturated carbocycles. The number of hydrogen-bond acceptors (Lipinski definition) is 5. The molecule has 0 radical (unpaired) electrons. The van der Waals surface area contributed by atoms with Crippen LogP contribution in [-0.2, 0) is 15.6 Å². The highest BCUT2D eigenvalue weighted by atomic mass is 35.5. The summed E-state index contributed by atoms with van der Waals surface area (Å²) in [6.45, 7) is 4.50. The Morgan fingerprint density at radius 2 is 1.69 bits per heavy atom. The highest BCUT2D eigenvalue weighted by molar-refractivity contribution is 7.89. The largest absolute Gasteiger partial charge is 0.455 e. The smallest absolute Gasteiger partial charge is 0.287 e. The monoisotopic (exact) mass is 400 g/mol. The number of amides is 1. The van der Waals surface area contributed by atoms with Crippen molar-refractivity contribution in [3.8, 4) is 0 Å². The second kappa shape index (κ2) is 9.21. The fourth-order valence-corrected chi connectivity index (χ4v) is 3.04. The molecule has 1 aromatic heterocycles. The number of furan rings is 1. The van der Waals surface area contributed by atoms with Crippen molar-refractivity contribution in [1.82, 2.24) is 5.32 Å². The van der Waals surface area contributed by atoms with E-state index in [1.807, 2.05) is 24.3 Å². The third-order valence-electron chi connectivity index (χ3n) is 3.80. The summed E-state index contributed by atoms with van der Waals surface area (Å²) in [7, 11) is -3.21. The third kappa shape index (κ3) is 6.48. The average molecular weight is 401 g/mol. The van der Waals surface area contributed by atoms with Crippen molar-refractivity contribution in [1.29, 1.82) is 0 Å². The first kappa shape index (κ1) is 22.2. The summed E-state index contributed by atoms with van der Waals surface area (Å²) in [5.41, 5.74) is 8.27. The van der Waals surface area contributed by atoms with Crippen molar-refractivity contribution in [2.45, 2.75) is 31.6 Å². The average Bonchev–Trinajstić information content (AvgIpc) is 2.98. The van der Waals surface area contributed by atoms with Crippen LogP contribution in [0.15, 0.2) is 40.8 Å². The minimum atomic E-state index is -3.21. The van der Waals surface area contributed by atoms with Gasteiger partial charge in [0, 0.05) is 18.8 Å². The number of benzene rings is 1. The molecule has 1 aromatic carbocycles. The van der Waals surface area contributed by atoms with E-state index in [1.54, 1.807) is 0 Å². The molecule has 3 N–H and O–H groups in total. The zero-order valence-corrected chi connectivity index (χ0v) is 16.7. The Kier molecular flexibility index (Phi) is 7.87. The molecule has 26 heavy (non-hydrogen) atoms. The van der Waals surface area contributed by atoms with Crippen LogP contribution >= 0.6 is 12.4 Å². The van der Waals surface area contributed by atoms with Gasteiger partial charge in [0.25, 0.3) is 5.91 Å². The predicted molar refractivity (Wildman–Crippen MR) is 104 cm³/mol. The Labute approximate surface area is 160 Å². The Morgan fingerprint density at radius 3 is 2.23 bits per heavy atom. The van der Waals surface area contributed by atoms with Gasteiger partial charge in [0.05, 0.1) is 0 Å². The molecule has 1 heterocycles. The summed E-state index contributed by atoms with van der Waals surface area (Å²) in [6, 6.07) is 10.6. The Morgan fingerprint density at radius 1 is 1.12 bits per heavy atom. The number of halogens is 1. The van der Waals surface area contributed by atoms with E-state index < -0.39 is 15.7 Å². The lowest BCUT2D eigenvalue weighted by molar-refractivity contribution is 0.0922. The fraction of sp³-hybridized carbons (Fsp3) is 0.389. The van der Waals surface area contributed by atoms with Gasteiger partial charge in [0.15, 0.2) is 15.6 Å². The highest BCUT2D eigenvalue weighted by Crippen LogP contribution is 2.17. The maximum Gasteiger partial charge on any atom is 0.287 e. The van der Waals surface area contributed by atoms with Gasteiger partial charge in [-0.3, -0.25) is 4.79 Å². The van der Waals surface area contributed by atoms with Crippen molar-refractivity contribution >= 4 is 28.2 Å². The molecule has 6 nitrogen and oxygen atoms in total. The standard InChI is InChI=1S/C18H24N2O4S.ClH/c1-12(2)13-4-6-14(7-5-13)16(19)10-20-18(21)17-9-8-15(24-17)11-25(3,22)23;/h4-9,12,16H,10-11,19H2,1-3H3,(H,20,21);1H. The van der Waals surface area contributed by atoms with Gasteiger partial charge in [-0.05, 0) is 29.2 Å². The van der Waals surface area contributed by atoms with Gasteiger partial charge in [0.1, 0.15) is 11.5 Å². The molecular formula is C18H25ClN2O4S. The van der Waals surface area contributed by atoms with Gasteiger partial charge in [-0.25, -0.2) is 8.42 Å². The van der Waals surface area contributed by atoms with Crippen LogP contribution in [0, 0.1) is 0 Å². The Balaban J connectivity index is 0.00000338. The molecule has 8 heteroatoms. The molecule has 0 spiro atoms. The molecule has 1 unspecified atom stereocenters. The molecule has 1 atom stereocenters. The first-order valence-corrected chi connectivity index (χ1v) is 10.1. The minimum Gasteiger partial charge on any atom is -0.455 e. The van der Waals surface area contributed by atoms with Crippen molar-refractivity contribution < 1.29 is 17.6 Å². The van der Waals surface area contributed by atoms with E-state index in [9.17, 15) is 13.2 Å². The normalized spacial score (nSPS) is 12.5. The molecule has 0 bridgehead atoms. The lowest BCUT2D eigenvalue weighted by atomic mass is 9.99. The fourth-order valence-electron chi connectivity index (χ4n) is 2.37. The summed E-state index contributed by atoms with van der Waals surface area (Å²) in [5, 5.41) is 2.70. The maximum atomic E-state index is 12.1. The molecule has 1 amide bonds. The van der Waals surface area contributed by atoms with Crippen LogP contribution in [-0.4, -0.2) is 27.1 Å². The number of carbonyl (C=O) groups is 1. The van der Waals surface area contributed by atoms with E-state index >= 15 is 0 Å². The minimum absolute atomic E-state index is 0. The van der Waals surface area contributed by atoms with Crippen LogP contribution in [0.1, 0.15) is 53.2 Å².